The molecule has 0 amide bonds. The average Bonchev–Trinajstić information content (AvgIpc) is 3.44. The standard InChI is InChI=1S/C72H101IO3/c1-4-7-10-13-16-19-22-25-28-31-34-37-58-74-69-52-43-63(44-53-69)40-49-66-61-68(51-42-65-47-56-71(57-48-65)76-60-39-36-33-30-27-24-21-18-15-12-9-6-3)72(73)62-67(66)50-41-64-45-54-70(55-46-64)75-59-38-35-32-29-26-23-20-17-14-11-8-5-2/h43-48,52-57,61-62H,4-39,58-60H2,1-3H3. The van der Waals surface area contributed by atoms with E-state index in [2.05, 4.69) is 127 Å². The number of unbranched alkanes of at least 4 members (excludes halogenated alkanes) is 33. The quantitative estimate of drug-likeness (QED) is 0.0251. The maximum atomic E-state index is 6.13. The van der Waals surface area contributed by atoms with Gasteiger partial charge < -0.3 is 14.2 Å². The molecule has 0 radical (unpaired) electrons. The second kappa shape index (κ2) is 44.6. The summed E-state index contributed by atoms with van der Waals surface area (Å²) in [6, 6.07) is 28.8. The fourth-order valence-electron chi connectivity index (χ4n) is 9.60. The van der Waals surface area contributed by atoms with Crippen LogP contribution in [0.3, 0.4) is 0 Å². The summed E-state index contributed by atoms with van der Waals surface area (Å²) in [4.78, 5) is 0. The molecule has 0 saturated heterocycles. The molecule has 0 bridgehead atoms. The molecule has 0 unspecified atom stereocenters. The molecule has 0 aliphatic heterocycles. The van der Waals surface area contributed by atoms with Crippen molar-refractivity contribution in [3.63, 3.8) is 0 Å². The Morgan fingerprint density at radius 3 is 0.750 bits per heavy atom. The zero-order chi connectivity index (χ0) is 53.6. The van der Waals surface area contributed by atoms with Crippen LogP contribution < -0.4 is 14.2 Å². The third-order valence-corrected chi connectivity index (χ3v) is 15.4. The number of rotatable bonds is 42. The van der Waals surface area contributed by atoms with Crippen LogP contribution in [-0.2, 0) is 0 Å². The first-order valence-electron chi connectivity index (χ1n) is 31.2. The number of hydrogen-bond acceptors (Lipinski definition) is 3. The molecule has 0 saturated carbocycles. The third-order valence-electron chi connectivity index (χ3n) is 14.5. The molecular weight excluding hydrogens is 1040 g/mol. The van der Waals surface area contributed by atoms with E-state index < -0.39 is 0 Å². The first-order valence-corrected chi connectivity index (χ1v) is 32.2. The first kappa shape index (κ1) is 64.2. The highest BCUT2D eigenvalue weighted by Crippen LogP contribution is 2.22. The normalized spacial score (nSPS) is 10.8. The van der Waals surface area contributed by atoms with Gasteiger partial charge in [-0.25, -0.2) is 0 Å². The van der Waals surface area contributed by atoms with E-state index in [1.807, 2.05) is 36.4 Å². The van der Waals surface area contributed by atoms with Gasteiger partial charge >= 0.3 is 0 Å². The zero-order valence-electron chi connectivity index (χ0n) is 48.3. The van der Waals surface area contributed by atoms with Crippen LogP contribution >= 0.6 is 22.6 Å². The molecule has 0 heterocycles. The van der Waals surface area contributed by atoms with E-state index in [0.29, 0.717) is 0 Å². The Kier molecular flexibility index (Phi) is 37.7. The van der Waals surface area contributed by atoms with Crippen LogP contribution in [0.2, 0.25) is 0 Å². The number of hydrogen-bond donors (Lipinski definition) is 0. The molecule has 4 aromatic carbocycles. The Labute approximate surface area is 480 Å². The molecule has 76 heavy (non-hydrogen) atoms. The van der Waals surface area contributed by atoms with E-state index in [1.165, 1.54) is 212 Å². The van der Waals surface area contributed by atoms with E-state index in [1.54, 1.807) is 0 Å². The van der Waals surface area contributed by atoms with Crippen LogP contribution in [0.1, 0.15) is 285 Å². The first-order chi connectivity index (χ1) is 37.6. The highest BCUT2D eigenvalue weighted by molar-refractivity contribution is 14.1. The average molecular weight is 1140 g/mol. The SMILES string of the molecule is CCCCCCCCCCCCCCOc1ccc(C#Cc2cc(C#Cc3ccc(OCCCCCCCCCCCCCC)cc3)c(C#Cc3ccc(OCCCCCCCCCCCCCC)cc3)cc2I)cc1. The summed E-state index contributed by atoms with van der Waals surface area (Å²) in [6.45, 7) is 9.13. The lowest BCUT2D eigenvalue weighted by Crippen LogP contribution is -1.97. The van der Waals surface area contributed by atoms with E-state index in [4.69, 9.17) is 14.2 Å². The predicted molar refractivity (Wildman–Crippen MR) is 336 cm³/mol. The van der Waals surface area contributed by atoms with Crippen molar-refractivity contribution in [3.8, 4) is 52.8 Å². The molecule has 4 aromatic rings. The Morgan fingerprint density at radius 1 is 0.263 bits per heavy atom. The molecule has 0 aromatic heterocycles. The summed E-state index contributed by atoms with van der Waals surface area (Å²) in [5, 5.41) is 0. The van der Waals surface area contributed by atoms with Gasteiger partial charge in [-0.05, 0) is 127 Å². The van der Waals surface area contributed by atoms with Crippen molar-refractivity contribution in [2.75, 3.05) is 19.8 Å². The van der Waals surface area contributed by atoms with Gasteiger partial charge in [-0.15, -0.1) is 0 Å². The largest absolute Gasteiger partial charge is 0.494 e. The molecule has 0 atom stereocenters. The van der Waals surface area contributed by atoms with Crippen LogP contribution in [0.4, 0.5) is 0 Å². The van der Waals surface area contributed by atoms with Gasteiger partial charge in [0, 0.05) is 37.0 Å². The Morgan fingerprint density at radius 2 is 0.487 bits per heavy atom. The van der Waals surface area contributed by atoms with Crippen molar-refractivity contribution in [2.24, 2.45) is 0 Å². The Bertz CT molecular complexity index is 2240. The smallest absolute Gasteiger partial charge is 0.119 e. The maximum Gasteiger partial charge on any atom is 0.119 e. The Hall–Kier alpha value is -4.31. The van der Waals surface area contributed by atoms with Crippen LogP contribution in [0.15, 0.2) is 84.9 Å². The van der Waals surface area contributed by atoms with Gasteiger partial charge in [-0.1, -0.05) is 268 Å². The predicted octanol–water partition coefficient (Wildman–Crippen LogP) is 21.7. The van der Waals surface area contributed by atoms with Gasteiger partial charge in [0.05, 0.1) is 19.8 Å². The van der Waals surface area contributed by atoms with Crippen molar-refractivity contribution in [1.29, 1.82) is 0 Å². The maximum absolute atomic E-state index is 6.13. The molecule has 4 heteroatoms. The lowest BCUT2D eigenvalue weighted by Gasteiger charge is -2.07. The van der Waals surface area contributed by atoms with Crippen molar-refractivity contribution >= 4 is 22.6 Å². The number of ether oxygens (including phenoxy) is 3. The minimum absolute atomic E-state index is 0.754. The summed E-state index contributed by atoms with van der Waals surface area (Å²) in [6.07, 6.45) is 48.3. The van der Waals surface area contributed by atoms with Gasteiger partial charge in [-0.2, -0.15) is 0 Å². The fraction of sp³-hybridized carbons (Fsp3) is 0.583. The van der Waals surface area contributed by atoms with Crippen LogP contribution in [-0.4, -0.2) is 19.8 Å². The van der Waals surface area contributed by atoms with E-state index in [-0.39, 0.29) is 0 Å². The van der Waals surface area contributed by atoms with Gasteiger partial charge in [0.15, 0.2) is 0 Å². The van der Waals surface area contributed by atoms with Crippen molar-refractivity contribution in [1.82, 2.24) is 0 Å². The highest BCUT2D eigenvalue weighted by atomic mass is 127. The zero-order valence-corrected chi connectivity index (χ0v) is 50.4. The van der Waals surface area contributed by atoms with Gasteiger partial charge in [0.25, 0.3) is 0 Å². The minimum Gasteiger partial charge on any atom is -0.494 e. The van der Waals surface area contributed by atoms with Crippen LogP contribution in [0, 0.1) is 39.1 Å². The molecule has 0 N–H and O–H groups in total. The lowest BCUT2D eigenvalue weighted by atomic mass is 10.0. The van der Waals surface area contributed by atoms with Gasteiger partial charge in [0.2, 0.25) is 0 Å². The molecule has 0 fully saturated rings. The second-order valence-corrected chi connectivity index (χ2v) is 22.6. The molecule has 3 nitrogen and oxygen atoms in total. The number of halogens is 1. The van der Waals surface area contributed by atoms with Crippen molar-refractivity contribution in [3.05, 3.63) is 122 Å². The summed E-state index contributed by atoms with van der Waals surface area (Å²) >= 11 is 2.38. The van der Waals surface area contributed by atoms with Gasteiger partial charge in [-0.3, -0.25) is 0 Å². The van der Waals surface area contributed by atoms with Crippen molar-refractivity contribution < 1.29 is 14.2 Å². The third kappa shape index (κ3) is 31.8. The monoisotopic (exact) mass is 1140 g/mol. The fourth-order valence-corrected chi connectivity index (χ4v) is 10.2. The van der Waals surface area contributed by atoms with Crippen LogP contribution in [0.5, 0.6) is 17.2 Å². The second-order valence-electron chi connectivity index (χ2n) is 21.4. The Balaban J connectivity index is 1.30. The summed E-state index contributed by atoms with van der Waals surface area (Å²) in [7, 11) is 0. The molecule has 414 valence electrons. The highest BCUT2D eigenvalue weighted by Gasteiger charge is 2.07. The van der Waals surface area contributed by atoms with E-state index in [0.717, 1.165) is 93.3 Å². The van der Waals surface area contributed by atoms with E-state index in [9.17, 15) is 0 Å². The number of benzene rings is 4. The van der Waals surface area contributed by atoms with Crippen molar-refractivity contribution in [2.45, 2.75) is 252 Å². The summed E-state index contributed by atoms with van der Waals surface area (Å²) in [5.41, 5.74) is 5.49. The van der Waals surface area contributed by atoms with E-state index >= 15 is 0 Å². The molecule has 0 spiro atoms. The molecule has 0 aliphatic rings. The van der Waals surface area contributed by atoms with Crippen LogP contribution in [0.25, 0.3) is 0 Å². The molecule has 4 rings (SSSR count). The molecule has 0 aliphatic carbocycles. The molecular formula is C72H101IO3. The lowest BCUT2D eigenvalue weighted by molar-refractivity contribution is 0.304. The van der Waals surface area contributed by atoms with Gasteiger partial charge in [0.1, 0.15) is 17.2 Å². The minimum atomic E-state index is 0.754. The topological polar surface area (TPSA) is 27.7 Å². The summed E-state index contributed by atoms with van der Waals surface area (Å²) in [5.74, 6) is 23.3. The summed E-state index contributed by atoms with van der Waals surface area (Å²) < 4.78 is 19.4.